The number of ether oxygens (including phenoxy) is 1. The quantitative estimate of drug-likeness (QED) is 0.588. The summed E-state index contributed by atoms with van der Waals surface area (Å²) in [5, 5.41) is 0. The van der Waals surface area contributed by atoms with Crippen molar-refractivity contribution in [1.82, 2.24) is 4.90 Å². The molecule has 2 heterocycles. The van der Waals surface area contributed by atoms with Gasteiger partial charge in [-0.05, 0) is 11.8 Å². The zero-order valence-corrected chi connectivity index (χ0v) is 10.2. The molecule has 0 aliphatic carbocycles. The Balaban J connectivity index is 2.30. The molecule has 0 bridgehead atoms. The van der Waals surface area contributed by atoms with Crippen molar-refractivity contribution in [2.75, 3.05) is 0 Å². The van der Waals surface area contributed by atoms with E-state index in [0.29, 0.717) is 5.76 Å². The van der Waals surface area contributed by atoms with Crippen LogP contribution in [0.4, 0.5) is 4.79 Å². The Morgan fingerprint density at radius 1 is 1.50 bits per heavy atom. The molecule has 0 radical (unpaired) electrons. The Bertz CT molecular complexity index is 351. The average molecular weight is 221 g/mol. The van der Waals surface area contributed by atoms with Crippen molar-refractivity contribution in [3.05, 3.63) is 24.5 Å². The zero-order valence-electron chi connectivity index (χ0n) is 10.2. The Kier molecular flexibility index (Phi) is 2.56. The van der Waals surface area contributed by atoms with Gasteiger partial charge in [-0.3, -0.25) is 4.90 Å². The molecule has 2 atom stereocenters. The minimum atomic E-state index is -0.245. The monoisotopic (exact) mass is 221 g/mol. The molecule has 1 amide bonds. The van der Waals surface area contributed by atoms with E-state index >= 15 is 0 Å². The maximum absolute atomic E-state index is 11.9. The highest BCUT2D eigenvalue weighted by Crippen LogP contribution is 2.35. The van der Waals surface area contributed by atoms with Crippen molar-refractivity contribution in [2.24, 2.45) is 5.41 Å². The average Bonchev–Trinajstić information content (AvgIpc) is 2.14. The van der Waals surface area contributed by atoms with Crippen molar-refractivity contribution in [2.45, 2.75) is 45.7 Å². The Hall–Kier alpha value is -1.25. The topological polar surface area (TPSA) is 29.5 Å². The molecule has 3 heteroatoms. The van der Waals surface area contributed by atoms with Gasteiger partial charge in [-0.2, -0.15) is 0 Å². The molecule has 2 aliphatic rings. The molecular weight excluding hydrogens is 202 g/mol. The second-order valence-electron chi connectivity index (χ2n) is 5.65. The Morgan fingerprint density at radius 2 is 2.19 bits per heavy atom. The van der Waals surface area contributed by atoms with Crippen molar-refractivity contribution in [1.29, 1.82) is 0 Å². The van der Waals surface area contributed by atoms with Gasteiger partial charge in [-0.25, -0.2) is 4.79 Å². The van der Waals surface area contributed by atoms with Crippen LogP contribution in [-0.4, -0.2) is 23.1 Å². The highest BCUT2D eigenvalue weighted by Gasteiger charge is 2.41. The van der Waals surface area contributed by atoms with E-state index in [4.69, 9.17) is 4.74 Å². The molecule has 0 aromatic heterocycles. The fourth-order valence-electron chi connectivity index (χ4n) is 2.43. The SMILES string of the molecule is C=C1C[C@H]2CC=C[C@H](C(C)(C)C)N2C(=O)O1. The standard InChI is InChI=1S/C13H19NO2/c1-9-8-10-6-5-7-11(13(2,3)4)14(10)12(15)16-9/h5,7,10-11H,1,6,8H2,2-4H3/t10-,11-/m1/s1. The number of hydrogen-bond acceptors (Lipinski definition) is 2. The lowest BCUT2D eigenvalue weighted by molar-refractivity contribution is 0.0325. The number of carbonyl (C=O) groups excluding carboxylic acids is 1. The third-order valence-electron chi connectivity index (χ3n) is 3.21. The number of carbonyl (C=O) groups is 1. The number of hydrogen-bond donors (Lipinski definition) is 0. The lowest BCUT2D eigenvalue weighted by Gasteiger charge is -2.46. The van der Waals surface area contributed by atoms with Crippen LogP contribution >= 0.6 is 0 Å². The Morgan fingerprint density at radius 3 is 2.81 bits per heavy atom. The van der Waals surface area contributed by atoms with E-state index in [1.54, 1.807) is 0 Å². The molecule has 0 aromatic carbocycles. The highest BCUT2D eigenvalue weighted by molar-refractivity contribution is 5.71. The van der Waals surface area contributed by atoms with Gasteiger partial charge in [0, 0.05) is 12.5 Å². The summed E-state index contributed by atoms with van der Waals surface area (Å²) in [6.45, 7) is 10.2. The fourth-order valence-corrected chi connectivity index (χ4v) is 2.43. The van der Waals surface area contributed by atoms with E-state index < -0.39 is 0 Å². The van der Waals surface area contributed by atoms with Gasteiger partial charge in [-0.15, -0.1) is 0 Å². The molecule has 0 N–H and O–H groups in total. The molecule has 0 spiro atoms. The van der Waals surface area contributed by atoms with Crippen LogP contribution < -0.4 is 0 Å². The van der Waals surface area contributed by atoms with Crippen LogP contribution in [0.25, 0.3) is 0 Å². The van der Waals surface area contributed by atoms with E-state index in [2.05, 4.69) is 39.5 Å². The van der Waals surface area contributed by atoms with Gasteiger partial charge in [0.1, 0.15) is 5.76 Å². The molecule has 1 fully saturated rings. The van der Waals surface area contributed by atoms with E-state index in [1.807, 2.05) is 4.90 Å². The summed E-state index contributed by atoms with van der Waals surface area (Å²) >= 11 is 0. The fraction of sp³-hybridized carbons (Fsp3) is 0.615. The molecule has 2 aliphatic heterocycles. The molecule has 0 aromatic rings. The maximum atomic E-state index is 11.9. The maximum Gasteiger partial charge on any atom is 0.415 e. The molecular formula is C13H19NO2. The minimum Gasteiger partial charge on any atom is -0.415 e. The highest BCUT2D eigenvalue weighted by atomic mass is 16.6. The van der Waals surface area contributed by atoms with Crippen molar-refractivity contribution >= 4 is 6.09 Å². The third kappa shape index (κ3) is 1.86. The molecule has 3 nitrogen and oxygen atoms in total. The number of cyclic esters (lactones) is 1. The molecule has 0 saturated carbocycles. The van der Waals surface area contributed by atoms with Crippen LogP contribution in [0.2, 0.25) is 0 Å². The number of fused-ring (bicyclic) bond motifs is 1. The number of amides is 1. The first-order valence-electron chi connectivity index (χ1n) is 5.74. The van der Waals surface area contributed by atoms with Crippen LogP contribution in [0.3, 0.4) is 0 Å². The minimum absolute atomic E-state index is 0.0346. The second kappa shape index (κ2) is 3.65. The first-order chi connectivity index (χ1) is 7.39. The van der Waals surface area contributed by atoms with Gasteiger partial charge < -0.3 is 4.74 Å². The predicted molar refractivity (Wildman–Crippen MR) is 62.9 cm³/mol. The van der Waals surface area contributed by atoms with E-state index in [9.17, 15) is 4.79 Å². The molecule has 16 heavy (non-hydrogen) atoms. The molecule has 2 rings (SSSR count). The van der Waals surface area contributed by atoms with Crippen molar-refractivity contribution in [3.63, 3.8) is 0 Å². The van der Waals surface area contributed by atoms with Gasteiger partial charge in [0.15, 0.2) is 0 Å². The molecule has 1 saturated heterocycles. The Labute approximate surface area is 96.8 Å². The van der Waals surface area contributed by atoms with Crippen LogP contribution in [0, 0.1) is 5.41 Å². The first kappa shape index (κ1) is 11.2. The smallest absolute Gasteiger partial charge is 0.415 e. The van der Waals surface area contributed by atoms with Crippen LogP contribution in [0.15, 0.2) is 24.5 Å². The van der Waals surface area contributed by atoms with Crippen molar-refractivity contribution < 1.29 is 9.53 Å². The van der Waals surface area contributed by atoms with Crippen LogP contribution in [0.5, 0.6) is 0 Å². The summed E-state index contributed by atoms with van der Waals surface area (Å²) in [6.07, 6.45) is 5.70. The van der Waals surface area contributed by atoms with E-state index in [1.165, 1.54) is 0 Å². The predicted octanol–water partition coefficient (Wildman–Crippen LogP) is 3.09. The zero-order chi connectivity index (χ0) is 11.9. The second-order valence-corrected chi connectivity index (χ2v) is 5.65. The van der Waals surface area contributed by atoms with Gasteiger partial charge >= 0.3 is 6.09 Å². The summed E-state index contributed by atoms with van der Waals surface area (Å²) in [7, 11) is 0. The van der Waals surface area contributed by atoms with E-state index in [-0.39, 0.29) is 23.6 Å². The summed E-state index contributed by atoms with van der Waals surface area (Å²) in [6, 6.07) is 0.342. The third-order valence-corrected chi connectivity index (χ3v) is 3.21. The summed E-state index contributed by atoms with van der Waals surface area (Å²) in [5.74, 6) is 0.592. The van der Waals surface area contributed by atoms with E-state index in [0.717, 1.165) is 12.8 Å². The van der Waals surface area contributed by atoms with Gasteiger partial charge in [0.2, 0.25) is 0 Å². The van der Waals surface area contributed by atoms with Crippen molar-refractivity contribution in [3.8, 4) is 0 Å². The van der Waals surface area contributed by atoms with Gasteiger partial charge in [0.05, 0.1) is 6.04 Å². The van der Waals surface area contributed by atoms with Gasteiger partial charge in [0.25, 0.3) is 0 Å². The van der Waals surface area contributed by atoms with Crippen LogP contribution in [0.1, 0.15) is 33.6 Å². The normalized spacial score (nSPS) is 30.1. The number of nitrogens with zero attached hydrogens (tertiary/aromatic N) is 1. The molecule has 0 unspecified atom stereocenters. The van der Waals surface area contributed by atoms with Gasteiger partial charge in [-0.1, -0.05) is 39.5 Å². The lowest BCUT2D eigenvalue weighted by Crippen LogP contribution is -2.55. The molecule has 88 valence electrons. The first-order valence-corrected chi connectivity index (χ1v) is 5.74. The lowest BCUT2D eigenvalue weighted by atomic mass is 9.82. The summed E-state index contributed by atoms with van der Waals surface area (Å²) in [4.78, 5) is 13.8. The number of rotatable bonds is 0. The summed E-state index contributed by atoms with van der Waals surface area (Å²) in [5.41, 5.74) is 0.0346. The summed E-state index contributed by atoms with van der Waals surface area (Å²) < 4.78 is 5.14. The van der Waals surface area contributed by atoms with Crippen LogP contribution in [-0.2, 0) is 4.74 Å². The largest absolute Gasteiger partial charge is 0.415 e.